The van der Waals surface area contributed by atoms with Crippen molar-refractivity contribution in [2.45, 2.75) is 6.18 Å². The summed E-state index contributed by atoms with van der Waals surface area (Å²) in [5.74, 6) is -3.77. The molecule has 0 bridgehead atoms. The maximum absolute atomic E-state index is 11.0. The fourth-order valence-electron chi connectivity index (χ4n) is 1.03. The molecule has 0 spiro atoms. The van der Waals surface area contributed by atoms with Gasteiger partial charge in [-0.25, -0.2) is 4.79 Å². The van der Waals surface area contributed by atoms with Crippen LogP contribution in [0.15, 0.2) is 12.2 Å². The maximum atomic E-state index is 11.0. The molecule has 0 unspecified atom stereocenters. The predicted octanol–water partition coefficient (Wildman–Crippen LogP) is -1.38. The van der Waals surface area contributed by atoms with Crippen LogP contribution in [0.4, 0.5) is 13.2 Å². The highest BCUT2D eigenvalue weighted by Gasteiger charge is 2.38. The molecule has 0 radical (unpaired) electrons. The number of carbonyl (C=O) groups excluding carboxylic acids is 3. The summed E-state index contributed by atoms with van der Waals surface area (Å²) in [6, 6.07) is 0. The van der Waals surface area contributed by atoms with E-state index in [1.807, 2.05) is 0 Å². The minimum absolute atomic E-state index is 0.0971. The third-order valence-electron chi connectivity index (χ3n) is 1.99. The van der Waals surface area contributed by atoms with E-state index in [2.05, 4.69) is 5.32 Å². The summed E-state index contributed by atoms with van der Waals surface area (Å²) in [6.07, 6.45) is -2.68. The Labute approximate surface area is 116 Å². The number of nitrogens with two attached hydrogens (primary N) is 1. The normalized spacial score (nSPS) is 13.8. The van der Waals surface area contributed by atoms with Gasteiger partial charge in [-0.05, 0) is 0 Å². The Hall–Kier alpha value is -2.43. The van der Waals surface area contributed by atoms with Crippen LogP contribution in [-0.4, -0.2) is 59.5 Å². The molecule has 8 nitrogen and oxygen atoms in total. The van der Waals surface area contributed by atoms with Crippen LogP contribution in [0, 0.1) is 0 Å². The smallest absolute Gasteiger partial charge is 0.475 e. The fourth-order valence-corrected chi connectivity index (χ4v) is 1.03. The summed E-state index contributed by atoms with van der Waals surface area (Å²) < 4.78 is 31.7. The summed E-state index contributed by atoms with van der Waals surface area (Å²) >= 11 is 0. The molecule has 1 rings (SSSR count). The van der Waals surface area contributed by atoms with Crippen molar-refractivity contribution in [2.75, 3.05) is 19.6 Å². The van der Waals surface area contributed by atoms with E-state index in [0.717, 1.165) is 4.90 Å². The van der Waals surface area contributed by atoms with Crippen molar-refractivity contribution in [2.24, 2.45) is 5.73 Å². The number of nitrogens with one attached hydrogen (secondary N) is 1. The molecule has 4 N–H and O–H groups in total. The Kier molecular flexibility index (Phi) is 7.07. The van der Waals surface area contributed by atoms with Gasteiger partial charge in [-0.3, -0.25) is 19.3 Å². The van der Waals surface area contributed by atoms with E-state index >= 15 is 0 Å². The number of carbonyl (C=O) groups is 4. The number of rotatable bonds is 4. The van der Waals surface area contributed by atoms with Crippen molar-refractivity contribution >= 4 is 23.7 Å². The van der Waals surface area contributed by atoms with Gasteiger partial charge in [0, 0.05) is 25.2 Å². The quantitative estimate of drug-likeness (QED) is 0.549. The topological polar surface area (TPSA) is 130 Å². The molecular weight excluding hydrogens is 299 g/mol. The van der Waals surface area contributed by atoms with Crippen molar-refractivity contribution < 1.29 is 37.5 Å². The lowest BCUT2D eigenvalue weighted by Gasteiger charge is -2.13. The van der Waals surface area contributed by atoms with Crippen molar-refractivity contribution in [1.82, 2.24) is 10.2 Å². The van der Waals surface area contributed by atoms with E-state index in [9.17, 15) is 27.6 Å². The molecule has 0 aromatic rings. The predicted molar refractivity (Wildman–Crippen MR) is 61.6 cm³/mol. The van der Waals surface area contributed by atoms with Crippen LogP contribution < -0.4 is 11.1 Å². The first-order valence-electron chi connectivity index (χ1n) is 5.40. The average Bonchev–Trinajstić information content (AvgIpc) is 2.69. The number of carboxylic acids is 1. The molecule has 118 valence electrons. The van der Waals surface area contributed by atoms with Crippen LogP contribution in [0.3, 0.4) is 0 Å². The summed E-state index contributed by atoms with van der Waals surface area (Å²) in [5, 5.41) is 9.59. The third-order valence-corrected chi connectivity index (χ3v) is 1.99. The number of nitrogens with zero attached hydrogens (tertiary/aromatic N) is 1. The van der Waals surface area contributed by atoms with Crippen molar-refractivity contribution in [1.29, 1.82) is 0 Å². The van der Waals surface area contributed by atoms with E-state index in [0.29, 0.717) is 0 Å². The minimum atomic E-state index is -5.08. The Morgan fingerprint density at radius 3 is 2.00 bits per heavy atom. The molecule has 0 aliphatic carbocycles. The first-order chi connectivity index (χ1) is 9.59. The molecule has 11 heteroatoms. The number of alkyl halides is 3. The molecule has 0 saturated carbocycles. The Bertz CT molecular complexity index is 443. The van der Waals surface area contributed by atoms with E-state index in [-0.39, 0.29) is 37.4 Å². The Balaban J connectivity index is 0.000000486. The number of carboxylic acid groups (broad SMARTS) is 1. The standard InChI is InChI=1S/C8H11N3O3.C2HF3O2/c9-5-6(12)10-3-4-11-7(13)1-2-8(11)14;3-2(4,5)1(6)7/h1-2H,3-5,9H2,(H,10,12);(H,6,7). The van der Waals surface area contributed by atoms with Crippen molar-refractivity contribution in [3.63, 3.8) is 0 Å². The monoisotopic (exact) mass is 311 g/mol. The maximum Gasteiger partial charge on any atom is 0.490 e. The number of hydrogen-bond acceptors (Lipinski definition) is 5. The molecule has 0 atom stereocenters. The SMILES string of the molecule is NCC(=O)NCCN1C(=O)C=CC1=O.O=C(O)C(F)(F)F. The second-order valence-electron chi connectivity index (χ2n) is 3.52. The highest BCUT2D eigenvalue weighted by atomic mass is 19.4. The highest BCUT2D eigenvalue weighted by Crippen LogP contribution is 2.13. The Morgan fingerprint density at radius 2 is 1.67 bits per heavy atom. The van der Waals surface area contributed by atoms with Gasteiger partial charge in [0.2, 0.25) is 5.91 Å². The lowest BCUT2D eigenvalue weighted by molar-refractivity contribution is -0.192. The van der Waals surface area contributed by atoms with Gasteiger partial charge in [-0.2, -0.15) is 13.2 Å². The average molecular weight is 311 g/mol. The summed E-state index contributed by atoms with van der Waals surface area (Å²) in [4.78, 5) is 42.7. The van der Waals surface area contributed by atoms with Crippen LogP contribution in [0.2, 0.25) is 0 Å². The molecule has 0 aromatic heterocycles. The first-order valence-corrected chi connectivity index (χ1v) is 5.40. The van der Waals surface area contributed by atoms with Crippen LogP contribution in [-0.2, 0) is 19.2 Å². The van der Waals surface area contributed by atoms with Crippen LogP contribution in [0.5, 0.6) is 0 Å². The Morgan fingerprint density at radius 1 is 1.24 bits per heavy atom. The summed E-state index contributed by atoms with van der Waals surface area (Å²) in [6.45, 7) is 0.311. The van der Waals surface area contributed by atoms with E-state index in [1.54, 1.807) is 0 Å². The minimum Gasteiger partial charge on any atom is -0.475 e. The number of aliphatic carboxylic acids is 1. The lowest BCUT2D eigenvalue weighted by atomic mass is 10.5. The molecule has 0 fully saturated rings. The lowest BCUT2D eigenvalue weighted by Crippen LogP contribution is -2.39. The van der Waals surface area contributed by atoms with Gasteiger partial charge < -0.3 is 16.2 Å². The second-order valence-corrected chi connectivity index (χ2v) is 3.52. The second kappa shape index (κ2) is 7.99. The molecule has 0 saturated heterocycles. The molecule has 3 amide bonds. The zero-order valence-electron chi connectivity index (χ0n) is 10.5. The molecule has 1 heterocycles. The largest absolute Gasteiger partial charge is 0.490 e. The molecule has 1 aliphatic rings. The molecular formula is C10H12F3N3O5. The van der Waals surface area contributed by atoms with Gasteiger partial charge >= 0.3 is 12.1 Å². The van der Waals surface area contributed by atoms with Crippen LogP contribution >= 0.6 is 0 Å². The van der Waals surface area contributed by atoms with E-state index in [1.165, 1.54) is 12.2 Å². The third kappa shape index (κ3) is 7.06. The number of halogens is 3. The van der Waals surface area contributed by atoms with Gasteiger partial charge in [-0.15, -0.1) is 0 Å². The molecule has 0 aromatic carbocycles. The molecule has 1 aliphatic heterocycles. The first kappa shape index (κ1) is 18.6. The highest BCUT2D eigenvalue weighted by molar-refractivity contribution is 6.12. The van der Waals surface area contributed by atoms with Gasteiger partial charge in [-0.1, -0.05) is 0 Å². The van der Waals surface area contributed by atoms with E-state index in [4.69, 9.17) is 15.6 Å². The van der Waals surface area contributed by atoms with Crippen molar-refractivity contribution in [3.8, 4) is 0 Å². The van der Waals surface area contributed by atoms with Crippen molar-refractivity contribution in [3.05, 3.63) is 12.2 Å². The van der Waals surface area contributed by atoms with E-state index < -0.39 is 12.1 Å². The van der Waals surface area contributed by atoms with Crippen LogP contribution in [0.1, 0.15) is 0 Å². The summed E-state index contributed by atoms with van der Waals surface area (Å²) in [5.41, 5.74) is 5.05. The van der Waals surface area contributed by atoms with Gasteiger partial charge in [0.25, 0.3) is 11.8 Å². The fraction of sp³-hybridized carbons (Fsp3) is 0.400. The van der Waals surface area contributed by atoms with Crippen LogP contribution in [0.25, 0.3) is 0 Å². The van der Waals surface area contributed by atoms with Gasteiger partial charge in [0.05, 0.1) is 6.54 Å². The number of amides is 3. The zero-order valence-corrected chi connectivity index (χ0v) is 10.5. The number of hydrogen-bond donors (Lipinski definition) is 3. The molecule has 21 heavy (non-hydrogen) atoms. The summed E-state index contributed by atoms with van der Waals surface area (Å²) in [7, 11) is 0. The number of imide groups is 1. The zero-order chi connectivity index (χ0) is 16.6. The van der Waals surface area contributed by atoms with Gasteiger partial charge in [0.1, 0.15) is 0 Å². The van der Waals surface area contributed by atoms with Gasteiger partial charge in [0.15, 0.2) is 0 Å².